The second kappa shape index (κ2) is 16.4. The minimum atomic E-state index is -1.71. The molecule has 17 nitrogen and oxygen atoms in total. The van der Waals surface area contributed by atoms with Gasteiger partial charge in [0.1, 0.15) is 0 Å². The lowest BCUT2D eigenvalue weighted by Crippen LogP contribution is -2.63. The van der Waals surface area contributed by atoms with Gasteiger partial charge in [-0.3, -0.25) is 54.5 Å². The number of Topliss-reactive ketones (excluding diaryl/α,β-unsaturated/α-hetero) is 1. The molecule has 3 saturated carbocycles. The van der Waals surface area contributed by atoms with E-state index in [0.717, 1.165) is 5.57 Å². The maximum atomic E-state index is 14.2. The molecule has 0 saturated heterocycles. The van der Waals surface area contributed by atoms with Gasteiger partial charge in [0.2, 0.25) is 11.7 Å². The quantitative estimate of drug-likeness (QED) is 0.0722. The summed E-state index contributed by atoms with van der Waals surface area (Å²) in [5, 5.41) is 48.0. The molecule has 0 aromatic rings. The summed E-state index contributed by atoms with van der Waals surface area (Å²) in [5.41, 5.74) is -2.02. The molecule has 0 aliphatic heterocycles. The molecule has 17 heteroatoms. The van der Waals surface area contributed by atoms with Crippen LogP contribution in [0.25, 0.3) is 0 Å². The van der Waals surface area contributed by atoms with Crippen molar-refractivity contribution >= 4 is 29.4 Å². The number of aliphatic hydroxyl groups is 1. The molecule has 4 rings (SSSR count). The fourth-order valence-corrected chi connectivity index (χ4v) is 9.07. The lowest BCUT2D eigenvalue weighted by atomic mass is 9.45. The number of carbonyl (C=O) groups is 5. The number of aliphatic hydroxyl groups excluding tert-OH is 1. The SMILES string of the molecule is C[C@]12CCC(=O)C=C1CCC1C3CC[C@](OC(=O)CCCON(O)O)(C(=O)COC(=O)CCNC(=O)CCCON(O)O)[C@@]3(C)C[C@H](O)[C@@H]12. The number of ether oxygens (including phenoxy) is 2. The monoisotopic (exact) mass is 699 g/mol. The molecule has 2 unspecified atom stereocenters. The molecular formula is C32H49N3O14. The minimum absolute atomic E-state index is 0.00195. The molecule has 6 N–H and O–H groups in total. The Hall–Kier alpha value is -2.87. The molecular weight excluding hydrogens is 650 g/mol. The molecule has 0 radical (unpaired) electrons. The smallest absolute Gasteiger partial charge is 0.308 e. The minimum Gasteiger partial charge on any atom is -0.457 e. The number of allylic oxidation sites excluding steroid dienone is 1. The van der Waals surface area contributed by atoms with Crippen LogP contribution in [0, 0.1) is 28.6 Å². The summed E-state index contributed by atoms with van der Waals surface area (Å²) >= 11 is 0. The predicted molar refractivity (Wildman–Crippen MR) is 162 cm³/mol. The first-order chi connectivity index (χ1) is 23.1. The lowest BCUT2D eigenvalue weighted by Gasteiger charge is -2.60. The van der Waals surface area contributed by atoms with Crippen LogP contribution in [0.3, 0.4) is 0 Å². The van der Waals surface area contributed by atoms with E-state index in [-0.39, 0.29) is 93.7 Å². The number of amides is 1. The van der Waals surface area contributed by atoms with Crippen molar-refractivity contribution in [2.24, 2.45) is 28.6 Å². The zero-order valence-electron chi connectivity index (χ0n) is 28.0. The molecule has 0 bridgehead atoms. The van der Waals surface area contributed by atoms with Crippen molar-refractivity contribution in [3.8, 4) is 0 Å². The molecule has 49 heavy (non-hydrogen) atoms. The molecule has 0 aromatic heterocycles. The fraction of sp³-hybridized carbons (Fsp3) is 0.781. The van der Waals surface area contributed by atoms with Gasteiger partial charge in [-0.1, -0.05) is 19.4 Å². The zero-order chi connectivity index (χ0) is 36.0. The van der Waals surface area contributed by atoms with E-state index in [9.17, 15) is 29.1 Å². The Kier molecular flexibility index (Phi) is 13.1. The Morgan fingerprint density at radius 2 is 1.59 bits per heavy atom. The number of nitrogens with zero attached hydrogens (tertiary/aromatic N) is 2. The van der Waals surface area contributed by atoms with Gasteiger partial charge < -0.3 is 19.9 Å². The maximum absolute atomic E-state index is 14.2. The van der Waals surface area contributed by atoms with E-state index < -0.39 is 58.1 Å². The van der Waals surface area contributed by atoms with Crippen molar-refractivity contribution < 1.29 is 69.1 Å². The highest BCUT2D eigenvalue weighted by Crippen LogP contribution is 2.68. The van der Waals surface area contributed by atoms with Gasteiger partial charge in [0.25, 0.3) is 0 Å². The second-order valence-electron chi connectivity index (χ2n) is 14.0. The number of carbonyl (C=O) groups excluding carboxylic acids is 5. The molecule has 4 aliphatic carbocycles. The third-order valence-corrected chi connectivity index (χ3v) is 11.3. The van der Waals surface area contributed by atoms with Crippen LogP contribution in [0.2, 0.25) is 0 Å². The Bertz CT molecular complexity index is 1280. The van der Waals surface area contributed by atoms with E-state index >= 15 is 0 Å². The van der Waals surface area contributed by atoms with Crippen molar-refractivity contribution in [3.63, 3.8) is 0 Å². The van der Waals surface area contributed by atoms with E-state index in [0.29, 0.717) is 32.1 Å². The first-order valence-electron chi connectivity index (χ1n) is 16.8. The molecule has 4 aliphatic rings. The van der Waals surface area contributed by atoms with E-state index in [4.69, 9.17) is 30.3 Å². The highest BCUT2D eigenvalue weighted by Gasteiger charge is 2.70. The first kappa shape index (κ1) is 38.9. The van der Waals surface area contributed by atoms with Gasteiger partial charge >= 0.3 is 11.9 Å². The molecule has 7 atom stereocenters. The average Bonchev–Trinajstić information content (AvgIpc) is 3.32. The molecule has 0 spiro atoms. The van der Waals surface area contributed by atoms with Crippen LogP contribution >= 0.6 is 0 Å². The van der Waals surface area contributed by atoms with Gasteiger partial charge in [0.15, 0.2) is 18.0 Å². The Labute approximate surface area is 283 Å². The normalized spacial score (nSPS) is 32.2. The van der Waals surface area contributed by atoms with Crippen LogP contribution in [-0.2, 0) is 43.1 Å². The van der Waals surface area contributed by atoms with Crippen molar-refractivity contribution in [3.05, 3.63) is 11.6 Å². The number of hydrogen-bond donors (Lipinski definition) is 6. The number of hydrogen-bond acceptors (Lipinski definition) is 16. The number of rotatable bonds is 17. The predicted octanol–water partition coefficient (Wildman–Crippen LogP) is 1.97. The van der Waals surface area contributed by atoms with Crippen LogP contribution in [0.4, 0.5) is 0 Å². The summed E-state index contributed by atoms with van der Waals surface area (Å²) < 4.78 is 11.4. The topological polar surface area (TPSA) is 242 Å². The second-order valence-corrected chi connectivity index (χ2v) is 14.0. The van der Waals surface area contributed by atoms with Crippen LogP contribution in [0.15, 0.2) is 11.6 Å². The van der Waals surface area contributed by atoms with E-state index in [1.54, 1.807) is 6.08 Å². The summed E-state index contributed by atoms with van der Waals surface area (Å²) in [4.78, 5) is 73.1. The van der Waals surface area contributed by atoms with Crippen molar-refractivity contribution in [2.45, 2.75) is 103 Å². The highest BCUT2D eigenvalue weighted by atomic mass is 17.1. The molecule has 3 fully saturated rings. The van der Waals surface area contributed by atoms with Crippen LogP contribution < -0.4 is 5.32 Å². The highest BCUT2D eigenvalue weighted by molar-refractivity contribution is 5.93. The summed E-state index contributed by atoms with van der Waals surface area (Å²) in [5.74, 6) is -2.68. The van der Waals surface area contributed by atoms with Gasteiger partial charge in [-0.15, -0.1) is 0 Å². The summed E-state index contributed by atoms with van der Waals surface area (Å²) in [7, 11) is 0. The van der Waals surface area contributed by atoms with Crippen molar-refractivity contribution in [2.75, 3.05) is 26.4 Å². The standard InChI is InChI=1S/C32H49N3O14/c1-30-12-9-21(36)17-20(30)7-8-22-23-10-13-32(31(23,2)18-24(37)29(22)30,49-28(41)6-4-16-48-35(44)45)25(38)19-46-27(40)11-14-33-26(39)5-3-15-47-34(42)43/h17,22-24,29,37,42-45H,3-16,18-19H2,1-2H3,(H,33,39)/t22?,23?,24-,29+,30-,31-,32-/m0/s1. The van der Waals surface area contributed by atoms with Crippen molar-refractivity contribution in [1.82, 2.24) is 16.1 Å². The van der Waals surface area contributed by atoms with E-state index in [2.05, 4.69) is 21.9 Å². The number of ketones is 2. The average molecular weight is 700 g/mol. The van der Waals surface area contributed by atoms with E-state index in [1.165, 1.54) is 0 Å². The first-order valence-corrected chi connectivity index (χ1v) is 16.8. The van der Waals surface area contributed by atoms with Gasteiger partial charge in [0.05, 0.1) is 36.5 Å². The number of fused-ring (bicyclic) bond motifs is 5. The van der Waals surface area contributed by atoms with Crippen molar-refractivity contribution in [1.29, 1.82) is 0 Å². The third kappa shape index (κ3) is 8.72. The number of esters is 2. The number of nitrogens with one attached hydrogen (secondary N) is 1. The van der Waals surface area contributed by atoms with E-state index in [1.807, 2.05) is 6.92 Å². The van der Waals surface area contributed by atoms with Gasteiger partial charge in [-0.2, -0.15) is 0 Å². The molecule has 0 aromatic carbocycles. The summed E-state index contributed by atoms with van der Waals surface area (Å²) in [6.45, 7) is 2.87. The van der Waals surface area contributed by atoms with Crippen LogP contribution in [0.5, 0.6) is 0 Å². The maximum Gasteiger partial charge on any atom is 0.308 e. The Balaban J connectivity index is 1.45. The molecule has 0 heterocycles. The van der Waals surface area contributed by atoms with Gasteiger partial charge in [0, 0.05) is 31.2 Å². The van der Waals surface area contributed by atoms with Gasteiger partial charge in [-0.25, -0.2) is 0 Å². The molecule has 1 amide bonds. The third-order valence-electron chi connectivity index (χ3n) is 11.3. The fourth-order valence-electron chi connectivity index (χ4n) is 9.07. The zero-order valence-corrected chi connectivity index (χ0v) is 28.0. The van der Waals surface area contributed by atoms with Crippen LogP contribution in [-0.4, -0.2) is 104 Å². The van der Waals surface area contributed by atoms with Crippen LogP contribution in [0.1, 0.15) is 90.9 Å². The summed E-state index contributed by atoms with van der Waals surface area (Å²) in [6, 6.07) is 0. The largest absolute Gasteiger partial charge is 0.457 e. The lowest BCUT2D eigenvalue weighted by molar-refractivity contribution is -0.492. The van der Waals surface area contributed by atoms with Gasteiger partial charge in [-0.05, 0) is 80.6 Å². The summed E-state index contributed by atoms with van der Waals surface area (Å²) in [6.07, 6.45) is 3.97. The Morgan fingerprint density at radius 1 is 0.918 bits per heavy atom. The molecule has 276 valence electrons. The Morgan fingerprint density at radius 3 is 2.27 bits per heavy atom.